The van der Waals surface area contributed by atoms with Crippen LogP contribution < -0.4 is 9.62 Å². The van der Waals surface area contributed by atoms with Gasteiger partial charge in [0.1, 0.15) is 5.37 Å². The molecule has 1 unspecified atom stereocenters. The number of amides is 1. The van der Waals surface area contributed by atoms with Crippen LogP contribution in [-0.4, -0.2) is 20.1 Å². The van der Waals surface area contributed by atoms with Gasteiger partial charge in [-0.15, -0.1) is 11.8 Å². The summed E-state index contributed by atoms with van der Waals surface area (Å²) in [5, 5.41) is -0.202. The first-order chi connectivity index (χ1) is 13.9. The number of carbonyl (C=O) groups is 1. The average Bonchev–Trinajstić information content (AvgIpc) is 3.11. The van der Waals surface area contributed by atoms with E-state index in [1.54, 1.807) is 53.4 Å². The van der Waals surface area contributed by atoms with Crippen LogP contribution in [0.1, 0.15) is 16.5 Å². The highest BCUT2D eigenvalue weighted by molar-refractivity contribution is 8.00. The summed E-state index contributed by atoms with van der Waals surface area (Å²) in [4.78, 5) is 14.5. The lowest BCUT2D eigenvalue weighted by atomic mass is 10.1. The van der Waals surface area contributed by atoms with Crippen molar-refractivity contribution in [1.82, 2.24) is 0 Å². The number of hydrogen-bond acceptors (Lipinski definition) is 4. The fourth-order valence-corrected chi connectivity index (χ4v) is 5.46. The largest absolute Gasteiger partial charge is 0.295 e. The number of aryl methyl sites for hydroxylation is 1. The van der Waals surface area contributed by atoms with Crippen molar-refractivity contribution in [1.29, 1.82) is 0 Å². The topological polar surface area (TPSA) is 66.5 Å². The fourth-order valence-electron chi connectivity index (χ4n) is 3.22. The quantitative estimate of drug-likeness (QED) is 0.651. The van der Waals surface area contributed by atoms with Gasteiger partial charge in [0.25, 0.3) is 10.0 Å². The summed E-state index contributed by atoms with van der Waals surface area (Å²) >= 11 is 1.53. The van der Waals surface area contributed by atoms with Gasteiger partial charge in [0.15, 0.2) is 0 Å². The number of rotatable bonds is 5. The Morgan fingerprint density at radius 2 is 1.69 bits per heavy atom. The van der Waals surface area contributed by atoms with Gasteiger partial charge < -0.3 is 0 Å². The molecule has 1 aliphatic heterocycles. The molecule has 0 saturated carbocycles. The monoisotopic (exact) mass is 424 g/mol. The zero-order valence-electron chi connectivity index (χ0n) is 15.8. The first-order valence-electron chi connectivity index (χ1n) is 9.12. The van der Waals surface area contributed by atoms with E-state index >= 15 is 0 Å². The Morgan fingerprint density at radius 1 is 0.966 bits per heavy atom. The second kappa shape index (κ2) is 7.93. The van der Waals surface area contributed by atoms with Crippen molar-refractivity contribution in [3.63, 3.8) is 0 Å². The number of nitrogens with zero attached hydrogens (tertiary/aromatic N) is 1. The van der Waals surface area contributed by atoms with Crippen molar-refractivity contribution < 1.29 is 13.2 Å². The van der Waals surface area contributed by atoms with Crippen LogP contribution in [0.2, 0.25) is 0 Å². The van der Waals surface area contributed by atoms with E-state index in [1.807, 2.05) is 37.3 Å². The molecule has 3 aromatic carbocycles. The number of anilines is 2. The molecule has 148 valence electrons. The highest BCUT2D eigenvalue weighted by atomic mass is 32.2. The molecule has 29 heavy (non-hydrogen) atoms. The number of hydrogen-bond donors (Lipinski definition) is 1. The lowest BCUT2D eigenvalue weighted by Gasteiger charge is -2.25. The Balaban J connectivity index is 1.63. The Bertz CT molecular complexity index is 1130. The van der Waals surface area contributed by atoms with Gasteiger partial charge in [-0.25, -0.2) is 8.42 Å². The van der Waals surface area contributed by atoms with Gasteiger partial charge in [-0.05, 0) is 48.9 Å². The summed E-state index contributed by atoms with van der Waals surface area (Å²) < 4.78 is 27.9. The number of nitrogens with one attached hydrogen (secondary N) is 1. The first kappa shape index (κ1) is 19.5. The molecule has 0 aromatic heterocycles. The Hall–Kier alpha value is -2.77. The molecule has 1 atom stereocenters. The summed E-state index contributed by atoms with van der Waals surface area (Å²) in [5.74, 6) is 0.428. The molecule has 0 bridgehead atoms. The van der Waals surface area contributed by atoms with Crippen LogP contribution in [0.15, 0.2) is 83.8 Å². The van der Waals surface area contributed by atoms with E-state index < -0.39 is 10.0 Å². The smallest absolute Gasteiger partial charge is 0.261 e. The van der Waals surface area contributed by atoms with Gasteiger partial charge in [0.05, 0.1) is 10.6 Å². The predicted molar refractivity (Wildman–Crippen MR) is 118 cm³/mol. The summed E-state index contributed by atoms with van der Waals surface area (Å²) in [6, 6.07) is 23.3. The second-order valence-corrected chi connectivity index (χ2v) is 9.56. The third-order valence-corrected chi connectivity index (χ3v) is 7.27. The van der Waals surface area contributed by atoms with E-state index in [9.17, 15) is 13.2 Å². The van der Waals surface area contributed by atoms with Crippen LogP contribution in [0.4, 0.5) is 11.4 Å². The minimum Gasteiger partial charge on any atom is -0.295 e. The van der Waals surface area contributed by atoms with Crippen LogP contribution in [0, 0.1) is 6.92 Å². The standard InChI is InChI=1S/C22H20N2O3S2/c1-16-10-12-19(13-11-16)24-21(25)15-28-22(24)17-6-5-7-18(14-17)23-29(26,27)20-8-3-2-4-9-20/h2-14,22-23H,15H2,1H3. The molecule has 1 amide bonds. The lowest BCUT2D eigenvalue weighted by Crippen LogP contribution is -2.27. The summed E-state index contributed by atoms with van der Waals surface area (Å²) in [6.07, 6.45) is 0. The Morgan fingerprint density at radius 3 is 2.41 bits per heavy atom. The molecule has 0 radical (unpaired) electrons. The molecule has 1 N–H and O–H groups in total. The number of sulfonamides is 1. The maximum atomic E-state index is 12.6. The van der Waals surface area contributed by atoms with E-state index in [0.29, 0.717) is 11.4 Å². The molecule has 0 spiro atoms. The van der Waals surface area contributed by atoms with Crippen LogP contribution in [0.25, 0.3) is 0 Å². The van der Waals surface area contributed by atoms with Gasteiger partial charge in [-0.2, -0.15) is 0 Å². The molecule has 0 aliphatic carbocycles. The minimum absolute atomic E-state index is 0.0409. The van der Waals surface area contributed by atoms with Crippen LogP contribution in [0.3, 0.4) is 0 Å². The third kappa shape index (κ3) is 4.16. The maximum absolute atomic E-state index is 12.6. The van der Waals surface area contributed by atoms with Crippen molar-refractivity contribution in [3.05, 3.63) is 90.0 Å². The van der Waals surface area contributed by atoms with Gasteiger partial charge in [-0.3, -0.25) is 14.4 Å². The van der Waals surface area contributed by atoms with E-state index in [-0.39, 0.29) is 16.2 Å². The average molecular weight is 425 g/mol. The van der Waals surface area contributed by atoms with E-state index in [0.717, 1.165) is 16.8 Å². The number of benzene rings is 3. The van der Waals surface area contributed by atoms with Crippen molar-refractivity contribution in [2.24, 2.45) is 0 Å². The van der Waals surface area contributed by atoms with Crippen molar-refractivity contribution in [2.45, 2.75) is 17.2 Å². The van der Waals surface area contributed by atoms with Crippen LogP contribution >= 0.6 is 11.8 Å². The molecular weight excluding hydrogens is 404 g/mol. The number of carbonyl (C=O) groups excluding carboxylic acids is 1. The second-order valence-electron chi connectivity index (χ2n) is 6.81. The molecule has 7 heteroatoms. The predicted octanol–water partition coefficient (Wildman–Crippen LogP) is 4.57. The minimum atomic E-state index is -3.67. The molecule has 1 saturated heterocycles. The SMILES string of the molecule is Cc1ccc(N2C(=O)CSC2c2cccc(NS(=O)(=O)c3ccccc3)c2)cc1. The third-order valence-electron chi connectivity index (χ3n) is 4.66. The van der Waals surface area contributed by atoms with Gasteiger partial charge >= 0.3 is 0 Å². The number of thioether (sulfide) groups is 1. The fraction of sp³-hybridized carbons (Fsp3) is 0.136. The van der Waals surface area contributed by atoms with E-state index in [1.165, 1.54) is 11.8 Å². The van der Waals surface area contributed by atoms with Crippen molar-refractivity contribution in [2.75, 3.05) is 15.4 Å². The molecule has 5 nitrogen and oxygen atoms in total. The zero-order chi connectivity index (χ0) is 20.4. The van der Waals surface area contributed by atoms with Gasteiger partial charge in [0, 0.05) is 11.4 Å². The molecule has 4 rings (SSSR count). The summed E-state index contributed by atoms with van der Waals surface area (Å²) in [5.41, 5.74) is 3.30. The molecule has 1 heterocycles. The first-order valence-corrected chi connectivity index (χ1v) is 11.7. The van der Waals surface area contributed by atoms with E-state index in [2.05, 4.69) is 4.72 Å². The Kier molecular flexibility index (Phi) is 5.34. The summed E-state index contributed by atoms with van der Waals surface area (Å²) in [7, 11) is -3.67. The van der Waals surface area contributed by atoms with Crippen LogP contribution in [0.5, 0.6) is 0 Å². The van der Waals surface area contributed by atoms with Crippen molar-refractivity contribution in [3.8, 4) is 0 Å². The van der Waals surface area contributed by atoms with Gasteiger partial charge in [0.2, 0.25) is 5.91 Å². The van der Waals surface area contributed by atoms with Crippen LogP contribution in [-0.2, 0) is 14.8 Å². The Labute approximate surface area is 174 Å². The zero-order valence-corrected chi connectivity index (χ0v) is 17.4. The molecule has 1 fully saturated rings. The molecule has 3 aromatic rings. The highest BCUT2D eigenvalue weighted by Crippen LogP contribution is 2.42. The lowest BCUT2D eigenvalue weighted by molar-refractivity contribution is -0.115. The summed E-state index contributed by atoms with van der Waals surface area (Å²) in [6.45, 7) is 2.00. The van der Waals surface area contributed by atoms with Crippen molar-refractivity contribution >= 4 is 39.1 Å². The maximum Gasteiger partial charge on any atom is 0.261 e. The normalized spacial score (nSPS) is 16.8. The molecular formula is C22H20N2O3S2. The van der Waals surface area contributed by atoms with E-state index in [4.69, 9.17) is 0 Å². The molecule has 1 aliphatic rings. The van der Waals surface area contributed by atoms with Gasteiger partial charge in [-0.1, -0.05) is 48.0 Å². The highest BCUT2D eigenvalue weighted by Gasteiger charge is 2.34.